The lowest BCUT2D eigenvalue weighted by Crippen LogP contribution is -2.09. The first-order valence-corrected chi connectivity index (χ1v) is 18.1. The van der Waals surface area contributed by atoms with Gasteiger partial charge in [0.1, 0.15) is 22.3 Å². The van der Waals surface area contributed by atoms with Crippen molar-refractivity contribution >= 4 is 71.7 Å². The lowest BCUT2D eigenvalue weighted by molar-refractivity contribution is 0.669. The number of hydrogen-bond donors (Lipinski definition) is 0. The van der Waals surface area contributed by atoms with E-state index in [0.717, 1.165) is 55.5 Å². The summed E-state index contributed by atoms with van der Waals surface area (Å²) < 4.78 is 74.2. The molecule has 0 atom stereocenters. The Hall–Kier alpha value is -7.36. The number of benzene rings is 9. The van der Waals surface area contributed by atoms with Gasteiger partial charge in [0.2, 0.25) is 0 Å². The molecular weight excluding hydrogens is 671 g/mol. The van der Waals surface area contributed by atoms with E-state index in [4.69, 9.17) is 14.3 Å². The molecule has 2 heterocycles. The number of nitrogens with zero attached hydrogens (tertiary/aromatic N) is 1. The zero-order valence-electron chi connectivity index (χ0n) is 36.3. The molecule has 0 saturated carbocycles. The van der Waals surface area contributed by atoms with Gasteiger partial charge in [-0.2, -0.15) is 0 Å². The van der Waals surface area contributed by atoms with Crippen LogP contribution in [0.2, 0.25) is 0 Å². The summed E-state index contributed by atoms with van der Waals surface area (Å²) in [6.07, 6.45) is 0. The minimum absolute atomic E-state index is 0.00537. The molecule has 3 heteroatoms. The average Bonchev–Trinajstić information content (AvgIpc) is 3.91. The lowest BCUT2D eigenvalue weighted by atomic mass is 9.93. The maximum atomic E-state index is 9.47. The van der Waals surface area contributed by atoms with E-state index < -0.39 is 18.1 Å². The van der Waals surface area contributed by atoms with Gasteiger partial charge in [0.25, 0.3) is 0 Å². The highest BCUT2D eigenvalue weighted by Crippen LogP contribution is 2.44. The van der Waals surface area contributed by atoms with Gasteiger partial charge >= 0.3 is 0 Å². The highest BCUT2D eigenvalue weighted by molar-refractivity contribution is 6.22. The zero-order valence-corrected chi connectivity index (χ0v) is 29.3. The van der Waals surface area contributed by atoms with Crippen molar-refractivity contribution in [3.05, 3.63) is 200 Å². The fraction of sp³-hybridized carbons (Fsp3) is 0. The maximum absolute atomic E-state index is 9.47. The van der Waals surface area contributed by atoms with Crippen LogP contribution in [0.4, 0.5) is 17.1 Å². The summed E-state index contributed by atoms with van der Waals surface area (Å²) >= 11 is 0. The Balaban J connectivity index is 1.08. The van der Waals surface area contributed by atoms with E-state index in [-0.39, 0.29) is 51.7 Å². The van der Waals surface area contributed by atoms with Crippen LogP contribution in [-0.4, -0.2) is 0 Å². The Morgan fingerprint density at radius 3 is 1.80 bits per heavy atom. The van der Waals surface area contributed by atoms with Crippen molar-refractivity contribution in [3.8, 4) is 33.4 Å². The third-order valence-electron chi connectivity index (χ3n) is 10.3. The van der Waals surface area contributed by atoms with Crippen LogP contribution in [0.25, 0.3) is 88.0 Å². The van der Waals surface area contributed by atoms with Gasteiger partial charge in [0.15, 0.2) is 0 Å². The lowest BCUT2D eigenvalue weighted by Gasteiger charge is -2.26. The largest absolute Gasteiger partial charge is 0.456 e. The first-order chi connectivity index (χ1) is 30.2. The van der Waals surface area contributed by atoms with Gasteiger partial charge in [-0.25, -0.2) is 0 Å². The van der Waals surface area contributed by atoms with Crippen molar-refractivity contribution < 1.29 is 18.4 Å². The molecule has 0 aliphatic heterocycles. The van der Waals surface area contributed by atoms with Crippen molar-refractivity contribution in [2.24, 2.45) is 0 Å². The first-order valence-electron chi connectivity index (χ1n) is 21.6. The van der Waals surface area contributed by atoms with E-state index in [0.29, 0.717) is 22.1 Å². The van der Waals surface area contributed by atoms with Crippen molar-refractivity contribution in [1.82, 2.24) is 0 Å². The molecule has 0 unspecified atom stereocenters. The van der Waals surface area contributed by atoms with Crippen LogP contribution in [0.15, 0.2) is 209 Å². The number of hydrogen-bond acceptors (Lipinski definition) is 3. The topological polar surface area (TPSA) is 29.5 Å². The Kier molecular flexibility index (Phi) is 5.70. The molecule has 0 saturated heterocycles. The normalized spacial score (nSPS) is 13.4. The van der Waals surface area contributed by atoms with Crippen LogP contribution in [0.3, 0.4) is 0 Å². The number of para-hydroxylation sites is 2. The standard InChI is InChI=1S/C52H33NO2/c1-3-12-34(13-4-1)35-22-27-39(28-23-35)53(38-14-5-2-6-15-38)40-29-24-36(25-30-40)41-19-11-21-49-51(41)47-33-46(42-16-7-8-18-45(42)52(47)55-49)37-26-31-44-43-17-9-10-20-48(43)54-50(44)32-37/h1-33H/i9D,10D,17D,20D,26D,31D,32D. The maximum Gasteiger partial charge on any atom is 0.143 e. The summed E-state index contributed by atoms with van der Waals surface area (Å²) in [6.45, 7) is 0. The zero-order chi connectivity index (χ0) is 42.4. The number of rotatable bonds is 6. The Labute approximate surface area is 327 Å². The number of furan rings is 2. The molecule has 258 valence electrons. The highest BCUT2D eigenvalue weighted by atomic mass is 16.3. The molecular formula is C52H33NO2. The van der Waals surface area contributed by atoms with E-state index in [2.05, 4.69) is 83.8 Å². The fourth-order valence-corrected chi connectivity index (χ4v) is 7.78. The van der Waals surface area contributed by atoms with Crippen LogP contribution in [0, 0.1) is 0 Å². The summed E-state index contributed by atoms with van der Waals surface area (Å²) in [5.74, 6) is 0. The second-order valence-electron chi connectivity index (χ2n) is 13.5. The SMILES string of the molecule is [2H]c1c([2H])c([2H])c2c(oc3c([2H])c(-c4cc5c(oc6cccc(-c7ccc(N(c8ccccc8)c8ccc(-c9ccccc9)cc8)cc7)c65)c5ccccc45)c([2H])c([2H])c32)c1[2H]. The van der Waals surface area contributed by atoms with Crippen molar-refractivity contribution in [3.63, 3.8) is 0 Å². The predicted octanol–water partition coefficient (Wildman–Crippen LogP) is 15.1. The molecule has 3 nitrogen and oxygen atoms in total. The molecule has 0 amide bonds. The van der Waals surface area contributed by atoms with Gasteiger partial charge < -0.3 is 13.7 Å². The third kappa shape index (κ3) is 5.20. The Morgan fingerprint density at radius 2 is 1.02 bits per heavy atom. The van der Waals surface area contributed by atoms with Crippen LogP contribution in [-0.2, 0) is 0 Å². The van der Waals surface area contributed by atoms with Gasteiger partial charge in [0, 0.05) is 44.0 Å². The van der Waals surface area contributed by atoms with E-state index in [1.807, 2.05) is 78.9 Å². The molecule has 2 aromatic heterocycles. The molecule has 0 spiro atoms. The number of anilines is 3. The van der Waals surface area contributed by atoms with Crippen LogP contribution in [0.1, 0.15) is 9.60 Å². The molecule has 11 aromatic rings. The highest BCUT2D eigenvalue weighted by Gasteiger charge is 2.19. The van der Waals surface area contributed by atoms with E-state index in [1.165, 1.54) is 0 Å². The predicted molar refractivity (Wildman–Crippen MR) is 229 cm³/mol. The van der Waals surface area contributed by atoms with Gasteiger partial charge in [-0.3, -0.25) is 0 Å². The van der Waals surface area contributed by atoms with Gasteiger partial charge in [-0.05, 0) is 105 Å². The summed E-state index contributed by atoms with van der Waals surface area (Å²) in [6, 6.07) is 50.7. The summed E-state index contributed by atoms with van der Waals surface area (Å²) in [7, 11) is 0. The van der Waals surface area contributed by atoms with Crippen molar-refractivity contribution in [1.29, 1.82) is 0 Å². The first kappa shape index (κ1) is 24.8. The second-order valence-corrected chi connectivity index (χ2v) is 13.5. The summed E-state index contributed by atoms with van der Waals surface area (Å²) in [4.78, 5) is 2.23. The van der Waals surface area contributed by atoms with Gasteiger partial charge in [-0.1, -0.05) is 133 Å². The van der Waals surface area contributed by atoms with Crippen LogP contribution < -0.4 is 4.90 Å². The molecule has 0 radical (unpaired) electrons. The summed E-state index contributed by atoms with van der Waals surface area (Å²) in [5, 5.41) is 3.12. The molecule has 55 heavy (non-hydrogen) atoms. The van der Waals surface area contributed by atoms with Crippen molar-refractivity contribution in [2.45, 2.75) is 0 Å². The Morgan fingerprint density at radius 1 is 0.382 bits per heavy atom. The fourth-order valence-electron chi connectivity index (χ4n) is 7.78. The molecule has 0 aliphatic carbocycles. The molecule has 9 aromatic carbocycles. The summed E-state index contributed by atoms with van der Waals surface area (Å²) in [5.41, 5.74) is 9.01. The van der Waals surface area contributed by atoms with Crippen molar-refractivity contribution in [2.75, 3.05) is 4.90 Å². The van der Waals surface area contributed by atoms with Crippen LogP contribution in [0.5, 0.6) is 0 Å². The minimum Gasteiger partial charge on any atom is -0.456 e. The Bertz CT molecular complexity index is 3580. The monoisotopic (exact) mass is 710 g/mol. The molecule has 0 N–H and O–H groups in total. The molecule has 0 aliphatic rings. The molecule has 11 rings (SSSR count). The van der Waals surface area contributed by atoms with E-state index in [1.54, 1.807) is 0 Å². The average molecular weight is 711 g/mol. The number of fused-ring (bicyclic) bond motifs is 8. The van der Waals surface area contributed by atoms with E-state index >= 15 is 0 Å². The third-order valence-corrected chi connectivity index (χ3v) is 10.3. The van der Waals surface area contributed by atoms with Gasteiger partial charge in [0.05, 0.1) is 9.60 Å². The minimum atomic E-state index is -0.470. The van der Waals surface area contributed by atoms with E-state index in [9.17, 15) is 4.11 Å². The van der Waals surface area contributed by atoms with Gasteiger partial charge in [-0.15, -0.1) is 0 Å². The van der Waals surface area contributed by atoms with Crippen LogP contribution >= 0.6 is 0 Å². The molecule has 0 fully saturated rings. The quantitative estimate of drug-likeness (QED) is 0.172. The molecule has 0 bridgehead atoms. The smallest absolute Gasteiger partial charge is 0.143 e. The second kappa shape index (κ2) is 12.6.